The van der Waals surface area contributed by atoms with Gasteiger partial charge in [0.25, 0.3) is 0 Å². The van der Waals surface area contributed by atoms with Gasteiger partial charge in [-0.05, 0) is 12.8 Å². The Morgan fingerprint density at radius 2 is 1.96 bits per heavy atom. The molecule has 1 fully saturated rings. The van der Waals surface area contributed by atoms with Gasteiger partial charge in [0.15, 0.2) is 11.5 Å². The SMILES string of the molecule is CNc1ncnc2c1ncn2[C@@H]1CC[C@@H](NC(=O)CCC(=O)O)[C@@H](O)[C@@H]1O. The molecular formula is C16H22N6O5. The summed E-state index contributed by atoms with van der Waals surface area (Å²) >= 11 is 0. The van der Waals surface area contributed by atoms with Crippen LogP contribution in [0.2, 0.25) is 0 Å². The first-order valence-electron chi connectivity index (χ1n) is 8.65. The van der Waals surface area contributed by atoms with Crippen LogP contribution in [0, 0.1) is 0 Å². The molecule has 27 heavy (non-hydrogen) atoms. The topological polar surface area (TPSA) is 162 Å². The molecule has 0 aromatic carbocycles. The first-order valence-corrected chi connectivity index (χ1v) is 8.65. The predicted molar refractivity (Wildman–Crippen MR) is 94.0 cm³/mol. The maximum absolute atomic E-state index is 11.8. The summed E-state index contributed by atoms with van der Waals surface area (Å²) in [6.45, 7) is 0. The number of rotatable bonds is 6. The second-order valence-corrected chi connectivity index (χ2v) is 6.49. The van der Waals surface area contributed by atoms with Gasteiger partial charge in [-0.25, -0.2) is 15.0 Å². The van der Waals surface area contributed by atoms with Gasteiger partial charge in [0, 0.05) is 13.5 Å². The molecule has 4 atom stereocenters. The summed E-state index contributed by atoms with van der Waals surface area (Å²) < 4.78 is 1.70. The number of aliphatic hydroxyl groups is 2. The number of aliphatic carboxylic acids is 1. The number of fused-ring (bicyclic) bond motifs is 1. The number of imidazole rings is 1. The number of carbonyl (C=O) groups is 2. The molecule has 1 saturated carbocycles. The summed E-state index contributed by atoms with van der Waals surface area (Å²) in [5, 5.41) is 35.2. The molecule has 0 saturated heterocycles. The molecule has 1 aliphatic carbocycles. The van der Waals surface area contributed by atoms with Crippen molar-refractivity contribution in [1.29, 1.82) is 0 Å². The van der Waals surface area contributed by atoms with E-state index >= 15 is 0 Å². The van der Waals surface area contributed by atoms with Gasteiger partial charge in [-0.1, -0.05) is 0 Å². The number of amides is 1. The molecule has 11 nitrogen and oxygen atoms in total. The first-order chi connectivity index (χ1) is 12.9. The van der Waals surface area contributed by atoms with Gasteiger partial charge >= 0.3 is 5.97 Å². The van der Waals surface area contributed by atoms with Gasteiger partial charge in [-0.2, -0.15) is 0 Å². The fourth-order valence-corrected chi connectivity index (χ4v) is 3.40. The summed E-state index contributed by atoms with van der Waals surface area (Å²) in [5.41, 5.74) is 1.10. The normalized spacial score (nSPS) is 25.3. The van der Waals surface area contributed by atoms with Gasteiger partial charge in [-0.15, -0.1) is 0 Å². The Labute approximate surface area is 154 Å². The van der Waals surface area contributed by atoms with Crippen molar-refractivity contribution in [2.24, 2.45) is 0 Å². The molecule has 0 bridgehead atoms. The molecule has 0 aliphatic heterocycles. The number of hydrogen-bond donors (Lipinski definition) is 5. The third-order valence-electron chi connectivity index (χ3n) is 4.80. The second kappa shape index (κ2) is 7.84. The Morgan fingerprint density at radius 1 is 1.19 bits per heavy atom. The molecule has 5 N–H and O–H groups in total. The van der Waals surface area contributed by atoms with Crippen LogP contribution in [0.4, 0.5) is 5.82 Å². The zero-order chi connectivity index (χ0) is 19.6. The quantitative estimate of drug-likeness (QED) is 0.436. The molecule has 11 heteroatoms. The Hall–Kier alpha value is -2.79. The van der Waals surface area contributed by atoms with E-state index < -0.39 is 36.2 Å². The molecule has 2 heterocycles. The Morgan fingerprint density at radius 3 is 2.67 bits per heavy atom. The van der Waals surface area contributed by atoms with Gasteiger partial charge < -0.3 is 30.5 Å². The van der Waals surface area contributed by atoms with Crippen LogP contribution in [-0.4, -0.2) is 72.0 Å². The number of anilines is 1. The van der Waals surface area contributed by atoms with Crippen molar-refractivity contribution in [3.63, 3.8) is 0 Å². The first kappa shape index (κ1) is 19.0. The maximum Gasteiger partial charge on any atom is 0.303 e. The van der Waals surface area contributed by atoms with Gasteiger partial charge in [0.2, 0.25) is 5.91 Å². The fourth-order valence-electron chi connectivity index (χ4n) is 3.40. The summed E-state index contributed by atoms with van der Waals surface area (Å²) in [6, 6.07) is -1.10. The summed E-state index contributed by atoms with van der Waals surface area (Å²) in [6.07, 6.45) is 1.05. The Kier molecular flexibility index (Phi) is 5.51. The zero-order valence-corrected chi connectivity index (χ0v) is 14.7. The predicted octanol–water partition coefficient (Wildman–Crippen LogP) is -0.726. The van der Waals surface area contributed by atoms with Crippen LogP contribution in [0.15, 0.2) is 12.7 Å². The van der Waals surface area contributed by atoms with E-state index in [1.54, 1.807) is 17.9 Å². The van der Waals surface area contributed by atoms with E-state index in [0.717, 1.165) is 0 Å². The van der Waals surface area contributed by atoms with Crippen LogP contribution in [0.3, 0.4) is 0 Å². The van der Waals surface area contributed by atoms with E-state index in [1.807, 2.05) is 0 Å². The minimum Gasteiger partial charge on any atom is -0.481 e. The Balaban J connectivity index is 1.72. The smallest absolute Gasteiger partial charge is 0.303 e. The Bertz CT molecular complexity index is 840. The second-order valence-electron chi connectivity index (χ2n) is 6.49. The van der Waals surface area contributed by atoms with Crippen molar-refractivity contribution in [2.75, 3.05) is 12.4 Å². The van der Waals surface area contributed by atoms with E-state index in [-0.39, 0.29) is 12.8 Å². The van der Waals surface area contributed by atoms with Crippen molar-refractivity contribution in [2.45, 2.75) is 50.0 Å². The summed E-state index contributed by atoms with van der Waals surface area (Å²) in [5.74, 6) is -0.968. The lowest BCUT2D eigenvalue weighted by Gasteiger charge is -2.38. The molecule has 2 aromatic heterocycles. The van der Waals surface area contributed by atoms with E-state index in [2.05, 4.69) is 25.6 Å². The number of carboxylic acid groups (broad SMARTS) is 1. The molecule has 1 aliphatic rings. The van der Waals surface area contributed by atoms with Gasteiger partial charge in [0.1, 0.15) is 24.1 Å². The van der Waals surface area contributed by atoms with Crippen molar-refractivity contribution in [3.05, 3.63) is 12.7 Å². The van der Waals surface area contributed by atoms with Crippen LogP contribution in [0.1, 0.15) is 31.7 Å². The van der Waals surface area contributed by atoms with Crippen LogP contribution in [0.5, 0.6) is 0 Å². The van der Waals surface area contributed by atoms with Crippen LogP contribution in [-0.2, 0) is 9.59 Å². The molecule has 0 radical (unpaired) electrons. The van der Waals surface area contributed by atoms with Gasteiger partial charge in [0.05, 0.1) is 24.8 Å². The lowest BCUT2D eigenvalue weighted by molar-refractivity contribution is -0.139. The number of hydrogen-bond acceptors (Lipinski definition) is 8. The highest BCUT2D eigenvalue weighted by atomic mass is 16.4. The largest absolute Gasteiger partial charge is 0.481 e. The molecule has 1 amide bonds. The lowest BCUT2D eigenvalue weighted by Crippen LogP contribution is -2.54. The highest BCUT2D eigenvalue weighted by Crippen LogP contribution is 2.32. The number of nitrogens with zero attached hydrogens (tertiary/aromatic N) is 4. The number of aliphatic hydroxyl groups excluding tert-OH is 2. The standard InChI is InChI=1S/C16H22N6O5/c1-17-15-12-16(19-6-18-15)22(7-20-12)9-3-2-8(13(26)14(9)27)21-10(23)4-5-11(24)25/h6-9,13-14,26-27H,2-5H2,1H3,(H,21,23)(H,24,25)(H,17,18,19)/t8-,9-,13-,14-/m1/s1. The van der Waals surface area contributed by atoms with E-state index in [4.69, 9.17) is 5.11 Å². The average Bonchev–Trinajstić information content (AvgIpc) is 3.08. The fraction of sp³-hybridized carbons (Fsp3) is 0.562. The molecule has 0 spiro atoms. The van der Waals surface area contributed by atoms with E-state index in [1.165, 1.54) is 6.33 Å². The highest BCUT2D eigenvalue weighted by molar-refractivity contribution is 5.82. The van der Waals surface area contributed by atoms with Crippen LogP contribution in [0.25, 0.3) is 11.2 Å². The average molecular weight is 378 g/mol. The van der Waals surface area contributed by atoms with Crippen molar-refractivity contribution >= 4 is 28.9 Å². The highest BCUT2D eigenvalue weighted by Gasteiger charge is 2.39. The van der Waals surface area contributed by atoms with Crippen molar-refractivity contribution in [3.8, 4) is 0 Å². The van der Waals surface area contributed by atoms with Crippen molar-refractivity contribution in [1.82, 2.24) is 24.8 Å². The summed E-state index contributed by atoms with van der Waals surface area (Å²) in [4.78, 5) is 35.0. The monoisotopic (exact) mass is 378 g/mol. The van der Waals surface area contributed by atoms with E-state index in [9.17, 15) is 19.8 Å². The summed E-state index contributed by atoms with van der Waals surface area (Å²) in [7, 11) is 1.72. The third-order valence-corrected chi connectivity index (χ3v) is 4.80. The number of nitrogens with one attached hydrogen (secondary N) is 2. The molecule has 2 aromatic rings. The maximum atomic E-state index is 11.8. The number of aromatic nitrogens is 4. The molecule has 0 unspecified atom stereocenters. The van der Waals surface area contributed by atoms with E-state index in [0.29, 0.717) is 29.8 Å². The van der Waals surface area contributed by atoms with Crippen LogP contribution >= 0.6 is 0 Å². The zero-order valence-electron chi connectivity index (χ0n) is 14.7. The molecule has 146 valence electrons. The van der Waals surface area contributed by atoms with Crippen molar-refractivity contribution < 1.29 is 24.9 Å². The molecular weight excluding hydrogens is 356 g/mol. The van der Waals surface area contributed by atoms with Gasteiger partial charge in [-0.3, -0.25) is 9.59 Å². The lowest BCUT2D eigenvalue weighted by atomic mass is 9.85. The minimum absolute atomic E-state index is 0.173. The number of carbonyl (C=O) groups excluding carboxylic acids is 1. The van der Waals surface area contributed by atoms with Crippen LogP contribution < -0.4 is 10.6 Å². The number of carboxylic acids is 1. The minimum atomic E-state index is -1.19. The third kappa shape index (κ3) is 3.83. The molecule has 3 rings (SSSR count).